The average Bonchev–Trinajstić information content (AvgIpc) is 2.69. The molecule has 100 valence electrons. The standard InChI is InChI=1S/C11H8F3N3O2/c1-19-16-8-9(11(12,13)14)15-17(10(8)18)7-5-3-2-4-6-7/h2-6H,1H3. The maximum atomic E-state index is 12.8. The third-order valence-electron chi connectivity index (χ3n) is 2.27. The average molecular weight is 271 g/mol. The van der Waals surface area contributed by atoms with Crippen molar-refractivity contribution in [3.8, 4) is 0 Å². The van der Waals surface area contributed by atoms with Crippen molar-refractivity contribution in [1.29, 1.82) is 0 Å². The second kappa shape index (κ2) is 4.71. The second-order valence-electron chi connectivity index (χ2n) is 3.52. The Bertz CT molecular complexity index is 552. The highest BCUT2D eigenvalue weighted by molar-refractivity contribution is 6.72. The first kappa shape index (κ1) is 13.1. The molecule has 0 saturated heterocycles. The third-order valence-corrected chi connectivity index (χ3v) is 2.27. The molecule has 1 aromatic carbocycles. The van der Waals surface area contributed by atoms with Gasteiger partial charge in [0.1, 0.15) is 7.11 Å². The van der Waals surface area contributed by atoms with Crippen molar-refractivity contribution >= 4 is 23.0 Å². The number of carbonyl (C=O) groups is 1. The Balaban J connectivity index is 2.47. The summed E-state index contributed by atoms with van der Waals surface area (Å²) in [6.45, 7) is 0. The van der Waals surface area contributed by atoms with Crippen LogP contribution in [0.25, 0.3) is 0 Å². The SMILES string of the molecule is CON=C1C(=O)N(c2ccccc2)N=C1C(F)(F)F. The highest BCUT2D eigenvalue weighted by Gasteiger charge is 2.48. The van der Waals surface area contributed by atoms with Crippen LogP contribution in [0.5, 0.6) is 0 Å². The van der Waals surface area contributed by atoms with E-state index in [1.165, 1.54) is 12.1 Å². The molecule has 8 heteroatoms. The molecule has 5 nitrogen and oxygen atoms in total. The Morgan fingerprint density at radius 1 is 1.26 bits per heavy atom. The summed E-state index contributed by atoms with van der Waals surface area (Å²) in [7, 11) is 1.06. The summed E-state index contributed by atoms with van der Waals surface area (Å²) in [5.74, 6) is -0.986. The molecule has 0 radical (unpaired) electrons. The smallest absolute Gasteiger partial charge is 0.398 e. The van der Waals surface area contributed by atoms with E-state index in [-0.39, 0.29) is 5.69 Å². The molecule has 0 fully saturated rings. The first-order valence-electron chi connectivity index (χ1n) is 5.12. The summed E-state index contributed by atoms with van der Waals surface area (Å²) in [6.07, 6.45) is -4.78. The van der Waals surface area contributed by atoms with Crippen LogP contribution in [-0.2, 0) is 9.63 Å². The summed E-state index contributed by atoms with van der Waals surface area (Å²) in [5.41, 5.74) is -2.02. The molecule has 1 aromatic rings. The lowest BCUT2D eigenvalue weighted by Crippen LogP contribution is -2.33. The molecular formula is C11H8F3N3O2. The van der Waals surface area contributed by atoms with Gasteiger partial charge < -0.3 is 4.84 Å². The number of hydrogen-bond acceptors (Lipinski definition) is 4. The van der Waals surface area contributed by atoms with Gasteiger partial charge >= 0.3 is 12.1 Å². The van der Waals surface area contributed by atoms with E-state index in [1.807, 2.05) is 0 Å². The molecule has 1 amide bonds. The van der Waals surface area contributed by atoms with Gasteiger partial charge in [0.25, 0.3) is 0 Å². The van der Waals surface area contributed by atoms with Crippen molar-refractivity contribution in [1.82, 2.24) is 0 Å². The van der Waals surface area contributed by atoms with Gasteiger partial charge in [0.2, 0.25) is 5.71 Å². The van der Waals surface area contributed by atoms with E-state index < -0.39 is 23.5 Å². The zero-order valence-corrected chi connectivity index (χ0v) is 9.68. The fraction of sp³-hybridized carbons (Fsp3) is 0.182. The molecule has 0 unspecified atom stereocenters. The normalized spacial score (nSPS) is 17.9. The molecule has 0 atom stereocenters. The number of oxime groups is 1. The largest absolute Gasteiger partial charge is 0.437 e. The van der Waals surface area contributed by atoms with E-state index >= 15 is 0 Å². The molecule has 0 saturated carbocycles. The number of rotatable bonds is 2. The van der Waals surface area contributed by atoms with Gasteiger partial charge in [0.05, 0.1) is 5.69 Å². The third kappa shape index (κ3) is 2.42. The van der Waals surface area contributed by atoms with Crippen molar-refractivity contribution in [2.75, 3.05) is 12.1 Å². The van der Waals surface area contributed by atoms with Crippen molar-refractivity contribution in [3.63, 3.8) is 0 Å². The minimum Gasteiger partial charge on any atom is -0.398 e. The van der Waals surface area contributed by atoms with Gasteiger partial charge in [-0.1, -0.05) is 23.4 Å². The fourth-order valence-corrected chi connectivity index (χ4v) is 1.50. The maximum absolute atomic E-state index is 12.8. The van der Waals surface area contributed by atoms with Crippen LogP contribution in [0.4, 0.5) is 18.9 Å². The van der Waals surface area contributed by atoms with Crippen LogP contribution >= 0.6 is 0 Å². The van der Waals surface area contributed by atoms with E-state index in [0.717, 1.165) is 7.11 Å². The lowest BCUT2D eigenvalue weighted by atomic mass is 10.2. The van der Waals surface area contributed by atoms with Crippen molar-refractivity contribution in [3.05, 3.63) is 30.3 Å². The Kier molecular flexibility index (Phi) is 3.24. The first-order valence-corrected chi connectivity index (χ1v) is 5.12. The number of benzene rings is 1. The van der Waals surface area contributed by atoms with Crippen LogP contribution in [0.1, 0.15) is 0 Å². The Morgan fingerprint density at radius 3 is 2.42 bits per heavy atom. The second-order valence-corrected chi connectivity index (χ2v) is 3.52. The number of anilines is 1. The van der Waals surface area contributed by atoms with Crippen molar-refractivity contribution in [2.24, 2.45) is 10.3 Å². The zero-order valence-electron chi connectivity index (χ0n) is 9.68. The monoisotopic (exact) mass is 271 g/mol. The lowest BCUT2D eigenvalue weighted by Gasteiger charge is -2.10. The number of nitrogens with zero attached hydrogens (tertiary/aromatic N) is 3. The summed E-state index contributed by atoms with van der Waals surface area (Å²) in [5, 5.41) is 7.02. The van der Waals surface area contributed by atoms with Gasteiger partial charge in [-0.3, -0.25) is 4.79 Å². The predicted molar refractivity (Wildman–Crippen MR) is 61.9 cm³/mol. The minimum atomic E-state index is -4.78. The molecule has 2 rings (SSSR count). The van der Waals surface area contributed by atoms with E-state index in [0.29, 0.717) is 5.01 Å². The Hall–Kier alpha value is -2.38. The molecule has 0 N–H and O–H groups in total. The number of para-hydroxylation sites is 1. The molecule has 1 aliphatic rings. The number of hydrazone groups is 1. The molecule has 0 aromatic heterocycles. The molecule has 0 spiro atoms. The fourth-order valence-electron chi connectivity index (χ4n) is 1.50. The van der Waals surface area contributed by atoms with Crippen LogP contribution in [0.2, 0.25) is 0 Å². The predicted octanol–water partition coefficient (Wildman–Crippen LogP) is 1.95. The van der Waals surface area contributed by atoms with Crippen LogP contribution in [0, 0.1) is 0 Å². The summed E-state index contributed by atoms with van der Waals surface area (Å²) >= 11 is 0. The quantitative estimate of drug-likeness (QED) is 0.772. The topological polar surface area (TPSA) is 54.3 Å². The number of amides is 1. The molecule has 19 heavy (non-hydrogen) atoms. The van der Waals surface area contributed by atoms with E-state index in [9.17, 15) is 18.0 Å². The first-order chi connectivity index (χ1) is 8.95. The number of carbonyl (C=O) groups excluding carboxylic acids is 1. The summed E-state index contributed by atoms with van der Waals surface area (Å²) in [4.78, 5) is 16.1. The van der Waals surface area contributed by atoms with Crippen molar-refractivity contribution < 1.29 is 22.8 Å². The molecule has 1 aliphatic heterocycles. The number of halogens is 3. The van der Waals surface area contributed by atoms with Crippen LogP contribution in [-0.4, -0.2) is 30.6 Å². The Labute approximate surface area is 105 Å². The van der Waals surface area contributed by atoms with Gasteiger partial charge in [-0.15, -0.1) is 0 Å². The van der Waals surface area contributed by atoms with Crippen molar-refractivity contribution in [2.45, 2.75) is 6.18 Å². The molecule has 0 bridgehead atoms. The van der Waals surface area contributed by atoms with Gasteiger partial charge in [0, 0.05) is 0 Å². The summed E-state index contributed by atoms with van der Waals surface area (Å²) in [6, 6.07) is 7.76. The van der Waals surface area contributed by atoms with Gasteiger partial charge in [0.15, 0.2) is 5.71 Å². The lowest BCUT2D eigenvalue weighted by molar-refractivity contribution is -0.112. The molecule has 0 aliphatic carbocycles. The van der Waals surface area contributed by atoms with Gasteiger partial charge in [-0.2, -0.15) is 23.3 Å². The Morgan fingerprint density at radius 2 is 1.89 bits per heavy atom. The number of alkyl halides is 3. The molecule has 1 heterocycles. The molecular weight excluding hydrogens is 263 g/mol. The summed E-state index contributed by atoms with van der Waals surface area (Å²) < 4.78 is 38.3. The van der Waals surface area contributed by atoms with E-state index in [2.05, 4.69) is 15.1 Å². The van der Waals surface area contributed by atoms with E-state index in [4.69, 9.17) is 0 Å². The highest BCUT2D eigenvalue weighted by Crippen LogP contribution is 2.27. The van der Waals surface area contributed by atoms with Gasteiger partial charge in [-0.05, 0) is 12.1 Å². The number of hydrogen-bond donors (Lipinski definition) is 0. The van der Waals surface area contributed by atoms with Crippen LogP contribution < -0.4 is 5.01 Å². The minimum absolute atomic E-state index is 0.218. The van der Waals surface area contributed by atoms with E-state index in [1.54, 1.807) is 18.2 Å². The maximum Gasteiger partial charge on any atom is 0.437 e. The van der Waals surface area contributed by atoms with Crippen LogP contribution in [0.3, 0.4) is 0 Å². The van der Waals surface area contributed by atoms with Gasteiger partial charge in [-0.25, -0.2) is 0 Å². The van der Waals surface area contributed by atoms with Crippen LogP contribution in [0.15, 0.2) is 40.6 Å². The zero-order chi connectivity index (χ0) is 14.0. The highest BCUT2D eigenvalue weighted by atomic mass is 19.4.